The monoisotopic (exact) mass is 429 g/mol. The van der Waals surface area contributed by atoms with E-state index in [1.807, 2.05) is 0 Å². The number of rotatable bonds is 6. The predicted molar refractivity (Wildman–Crippen MR) is 167 cm³/mol. The Hall–Kier alpha value is -1.81. The molecule has 0 fully saturated rings. The van der Waals surface area contributed by atoms with Crippen LogP contribution in [0.1, 0.15) is 26.2 Å². The van der Waals surface area contributed by atoms with Gasteiger partial charge in [-0.25, -0.2) is 0 Å². The van der Waals surface area contributed by atoms with Crippen LogP contribution in [0.5, 0.6) is 0 Å². The summed E-state index contributed by atoms with van der Waals surface area (Å²) in [4.78, 5) is 0. The second kappa shape index (κ2) is 12.2. The van der Waals surface area contributed by atoms with Crippen LogP contribution in [0.15, 0.2) is 43.8 Å². The van der Waals surface area contributed by atoms with Gasteiger partial charge in [0.05, 0.1) is 0 Å². The Morgan fingerprint density at radius 3 is 1.72 bits per heavy atom. The third kappa shape index (κ3) is 5.85. The van der Waals surface area contributed by atoms with E-state index in [9.17, 15) is 0 Å². The van der Waals surface area contributed by atoms with E-state index in [1.54, 1.807) is 6.92 Å². The minimum absolute atomic E-state index is 0.00463. The van der Waals surface area contributed by atoms with Crippen LogP contribution in [-0.2, 0) is 0 Å². The molecule has 0 amide bonds. The first-order valence-corrected chi connectivity index (χ1v) is 10.7. The van der Waals surface area contributed by atoms with Crippen molar-refractivity contribution in [2.75, 3.05) is 0 Å². The van der Waals surface area contributed by atoms with Gasteiger partial charge < -0.3 is 0 Å². The third-order valence-electron chi connectivity index (χ3n) is 6.10. The number of terminal acetylenes is 1. The van der Waals surface area contributed by atoms with Gasteiger partial charge in [0.25, 0.3) is 0 Å². The summed E-state index contributed by atoms with van der Waals surface area (Å²) in [6, 6.07) is 0. The van der Waals surface area contributed by atoms with Crippen LogP contribution in [0.2, 0.25) is 0 Å². The zero-order valence-electron chi connectivity index (χ0n) is 20.2. The van der Waals surface area contributed by atoms with Crippen LogP contribution in [0.3, 0.4) is 0 Å². The molecule has 0 N–H and O–H groups in total. The van der Waals surface area contributed by atoms with Crippen molar-refractivity contribution in [3.8, 4) is 12.3 Å². The van der Waals surface area contributed by atoms with Gasteiger partial charge in [-0.3, -0.25) is 0 Å². The number of hydrogen-bond donors (Lipinski definition) is 0. The van der Waals surface area contributed by atoms with Crippen LogP contribution >= 0.6 is 0 Å². The Labute approximate surface area is 232 Å². The molecule has 0 aliphatic heterocycles. The maximum atomic E-state index is 6.45. The second-order valence-corrected chi connectivity index (χ2v) is 8.41. The number of allylic oxidation sites excluding steroid dienone is 8. The van der Waals surface area contributed by atoms with Crippen molar-refractivity contribution in [2.45, 2.75) is 26.2 Å². The molecule has 2 rings (SSSR count). The molecule has 1 aromatic carbocycles. The molecule has 0 nitrogen and oxygen atoms in total. The number of benzene rings is 1. The van der Waals surface area contributed by atoms with Crippen molar-refractivity contribution in [1.82, 2.24) is 0 Å². The average molecular weight is 427 g/mol. The molecule has 0 saturated carbocycles. The van der Waals surface area contributed by atoms with Crippen LogP contribution in [0.4, 0.5) is 0 Å². The molecule has 36 heavy (non-hydrogen) atoms. The SMILES string of the molecule is [B]/C(C)=C([B])/C([B])=C(/[B])C(=[B])C1=c2c([B])c([B])c([B])c([B])c2=C(C/C([B])=C([B])\C([B])=C(\[B])C#C)CC1. The Balaban J connectivity index is 2.97. The van der Waals surface area contributed by atoms with E-state index in [0.29, 0.717) is 28.9 Å². The molecule has 1 aromatic rings. The molecule has 141 valence electrons. The van der Waals surface area contributed by atoms with Crippen molar-refractivity contribution in [3.63, 3.8) is 0 Å². The normalized spacial score (nSPS) is 16.1. The van der Waals surface area contributed by atoms with Crippen molar-refractivity contribution in [1.29, 1.82) is 0 Å². The Kier molecular flexibility index (Phi) is 10.3. The van der Waals surface area contributed by atoms with Gasteiger partial charge in [0.1, 0.15) is 0 Å². The number of fused-ring (bicyclic) bond motifs is 1. The number of hydrogen-bond acceptors (Lipinski definition) is 0. The van der Waals surface area contributed by atoms with Crippen molar-refractivity contribution in [3.05, 3.63) is 54.2 Å². The van der Waals surface area contributed by atoms with Crippen LogP contribution in [-0.4, -0.2) is 107 Å². The van der Waals surface area contributed by atoms with E-state index >= 15 is 0 Å². The van der Waals surface area contributed by atoms with Gasteiger partial charge in [-0.2, -0.15) is 0 Å². The molecule has 1 aliphatic rings. The van der Waals surface area contributed by atoms with Gasteiger partial charge in [-0.15, -0.1) is 0 Å². The first-order chi connectivity index (χ1) is 16.7. The Bertz CT molecular complexity index is 1440. The molecule has 0 atom stereocenters. The van der Waals surface area contributed by atoms with Gasteiger partial charge in [-0.05, 0) is 0 Å². The van der Waals surface area contributed by atoms with E-state index < -0.39 is 0 Å². The summed E-state index contributed by atoms with van der Waals surface area (Å²) in [7, 11) is 79.6. The zero-order chi connectivity index (χ0) is 27.6. The van der Waals surface area contributed by atoms with E-state index in [0.717, 1.165) is 5.57 Å². The molecule has 0 bridgehead atoms. The summed E-state index contributed by atoms with van der Waals surface area (Å²) >= 11 is 0. The van der Waals surface area contributed by atoms with Gasteiger partial charge in [0, 0.05) is 0 Å². The molecule has 0 spiro atoms. The summed E-state index contributed by atoms with van der Waals surface area (Å²) in [5.41, 5.74) is 2.72. The quantitative estimate of drug-likeness (QED) is 0.242. The molecule has 0 unspecified atom stereocenters. The predicted octanol–water partition coefficient (Wildman–Crippen LogP) is -5.46. The average Bonchev–Trinajstić information content (AvgIpc) is 2.86. The Morgan fingerprint density at radius 2 is 1.22 bits per heavy atom. The van der Waals surface area contributed by atoms with Crippen molar-refractivity contribution in [2.24, 2.45) is 0 Å². The second-order valence-electron chi connectivity index (χ2n) is 8.41. The van der Waals surface area contributed by atoms with Gasteiger partial charge in [0.2, 0.25) is 0 Å². The standard InChI is InChI=1S/C23H10B13/c1-3-10(25)16(29)17(30)11(26)6-8-4-5-9(15(28)21(34)20(33)14(27)7(2)24)13-12(8)18(31)22(35)23(36)19(13)32/h1H,4-6H2,2H3/b14-7-,16-10-,17-11-,21-20-. The molecule has 0 aromatic heterocycles. The molecule has 13 heteroatoms. The van der Waals surface area contributed by atoms with Gasteiger partial charge in [0.15, 0.2) is 0 Å². The summed E-state index contributed by atoms with van der Waals surface area (Å²) in [5.74, 6) is 2.23. The van der Waals surface area contributed by atoms with Crippen LogP contribution in [0.25, 0.3) is 11.1 Å². The zero-order valence-corrected chi connectivity index (χ0v) is 20.2. The van der Waals surface area contributed by atoms with Gasteiger partial charge >= 0.3 is 233 Å². The molecular formula is C23H10B13. The summed E-state index contributed by atoms with van der Waals surface area (Å²) < 4.78 is 0. The van der Waals surface area contributed by atoms with Crippen molar-refractivity contribution < 1.29 is 0 Å². The fourth-order valence-electron chi connectivity index (χ4n) is 3.87. The summed E-state index contributed by atoms with van der Waals surface area (Å²) in [6.45, 7) is 1.58. The summed E-state index contributed by atoms with van der Waals surface area (Å²) in [6.07, 6.45) is 6.28. The topological polar surface area (TPSA) is 0 Å². The van der Waals surface area contributed by atoms with Crippen molar-refractivity contribution >= 4 is 140 Å². The van der Waals surface area contributed by atoms with E-state index in [2.05, 4.69) is 5.92 Å². The molecule has 25 radical (unpaired) electrons. The third-order valence-corrected chi connectivity index (χ3v) is 6.10. The summed E-state index contributed by atoms with van der Waals surface area (Å²) in [5, 5.41) is 0.968. The minimum atomic E-state index is -0.0378. The van der Waals surface area contributed by atoms with E-state index in [-0.39, 0.29) is 77.5 Å². The first-order valence-electron chi connectivity index (χ1n) is 10.7. The maximum absolute atomic E-state index is 6.45. The first kappa shape index (κ1) is 30.4. The van der Waals surface area contributed by atoms with E-state index in [4.69, 9.17) is 108 Å². The Morgan fingerprint density at radius 1 is 0.694 bits per heavy atom. The molecule has 1 aliphatic carbocycles. The fourth-order valence-corrected chi connectivity index (χ4v) is 3.87. The van der Waals surface area contributed by atoms with Crippen LogP contribution < -0.4 is 32.3 Å². The molecular weight excluding hydrogens is 417 g/mol. The van der Waals surface area contributed by atoms with Gasteiger partial charge in [-0.1, -0.05) is 0 Å². The van der Waals surface area contributed by atoms with Crippen LogP contribution in [0, 0.1) is 12.3 Å². The van der Waals surface area contributed by atoms with E-state index in [1.165, 1.54) is 0 Å². The fraction of sp³-hybridized carbons (Fsp3) is 0.174. The molecule has 0 heterocycles. The molecule has 0 saturated heterocycles.